The quantitative estimate of drug-likeness (QED) is 0.700. The summed E-state index contributed by atoms with van der Waals surface area (Å²) in [4.78, 5) is 15.8. The summed E-state index contributed by atoms with van der Waals surface area (Å²) >= 11 is 0. The minimum absolute atomic E-state index is 0.251. The van der Waals surface area contributed by atoms with Crippen molar-refractivity contribution < 1.29 is 4.79 Å². The average molecular weight is 238 g/mol. The maximum absolute atomic E-state index is 11.2. The summed E-state index contributed by atoms with van der Waals surface area (Å²) < 4.78 is 0. The molecule has 1 amide bonds. The van der Waals surface area contributed by atoms with E-state index in [1.165, 1.54) is 51.7 Å². The molecule has 1 spiro atoms. The molecule has 0 N–H and O–H groups in total. The van der Waals surface area contributed by atoms with Gasteiger partial charge in [-0.2, -0.15) is 0 Å². The number of carbonyl (C=O) groups is 1. The number of rotatable bonds is 4. The van der Waals surface area contributed by atoms with E-state index in [0.29, 0.717) is 5.41 Å². The lowest BCUT2D eigenvalue weighted by molar-refractivity contribution is -0.144. The van der Waals surface area contributed by atoms with E-state index >= 15 is 0 Å². The molecule has 0 aromatic rings. The molecule has 3 heteroatoms. The van der Waals surface area contributed by atoms with Gasteiger partial charge in [0.05, 0.1) is 0 Å². The van der Waals surface area contributed by atoms with Crippen molar-refractivity contribution >= 4 is 5.91 Å². The zero-order chi connectivity index (χ0) is 12.3. The Kier molecular flexibility index (Phi) is 4.08. The molecule has 0 radical (unpaired) electrons. The number of unbranched alkanes of at least 4 members (excludes halogenated alkanes) is 2. The second kappa shape index (κ2) is 5.38. The first-order valence-corrected chi connectivity index (χ1v) is 7.13. The molecule has 2 saturated heterocycles. The second-order valence-electron chi connectivity index (χ2n) is 5.92. The highest BCUT2D eigenvalue weighted by molar-refractivity contribution is 5.74. The Bertz CT molecular complexity index is 261. The van der Waals surface area contributed by atoms with Crippen LogP contribution in [0.15, 0.2) is 0 Å². The van der Waals surface area contributed by atoms with Gasteiger partial charge in [-0.3, -0.25) is 4.79 Å². The van der Waals surface area contributed by atoms with Gasteiger partial charge >= 0.3 is 0 Å². The number of hydrogen-bond acceptors (Lipinski definition) is 2. The zero-order valence-corrected chi connectivity index (χ0v) is 11.4. The largest absolute Gasteiger partial charge is 0.342 e. The van der Waals surface area contributed by atoms with Crippen molar-refractivity contribution in [3.05, 3.63) is 0 Å². The highest BCUT2D eigenvalue weighted by Gasteiger charge is 2.45. The molecule has 0 atom stereocenters. The molecule has 0 unspecified atom stereocenters. The minimum Gasteiger partial charge on any atom is -0.342 e. The average Bonchev–Trinajstić information content (AvgIpc) is 2.27. The molecule has 2 aliphatic heterocycles. The first-order valence-electron chi connectivity index (χ1n) is 7.13. The summed E-state index contributed by atoms with van der Waals surface area (Å²) in [5.74, 6) is 0.251. The van der Waals surface area contributed by atoms with Crippen molar-refractivity contribution in [1.82, 2.24) is 9.80 Å². The van der Waals surface area contributed by atoms with Crippen LogP contribution in [0.3, 0.4) is 0 Å². The Labute approximate surface area is 105 Å². The van der Waals surface area contributed by atoms with Crippen molar-refractivity contribution in [2.75, 3.05) is 32.7 Å². The van der Waals surface area contributed by atoms with Crippen LogP contribution in [0.4, 0.5) is 0 Å². The maximum atomic E-state index is 11.2. The van der Waals surface area contributed by atoms with Crippen molar-refractivity contribution in [2.24, 2.45) is 5.41 Å². The van der Waals surface area contributed by atoms with Gasteiger partial charge in [-0.05, 0) is 38.9 Å². The van der Waals surface area contributed by atoms with Crippen LogP contribution in [0, 0.1) is 5.41 Å². The molecular formula is C14H26N2O. The lowest BCUT2D eigenvalue weighted by Gasteiger charge is -2.53. The van der Waals surface area contributed by atoms with E-state index in [1.54, 1.807) is 6.92 Å². The fraction of sp³-hybridized carbons (Fsp3) is 0.929. The summed E-state index contributed by atoms with van der Waals surface area (Å²) in [5, 5.41) is 0. The Morgan fingerprint density at radius 2 is 1.82 bits per heavy atom. The Morgan fingerprint density at radius 1 is 1.18 bits per heavy atom. The van der Waals surface area contributed by atoms with Crippen molar-refractivity contribution in [3.63, 3.8) is 0 Å². The lowest BCUT2D eigenvalue weighted by Crippen LogP contribution is -2.61. The van der Waals surface area contributed by atoms with Gasteiger partial charge in [-0.25, -0.2) is 0 Å². The summed E-state index contributed by atoms with van der Waals surface area (Å²) in [6.45, 7) is 9.75. The number of hydrogen-bond donors (Lipinski definition) is 0. The molecule has 2 fully saturated rings. The molecule has 3 nitrogen and oxygen atoms in total. The summed E-state index contributed by atoms with van der Waals surface area (Å²) in [7, 11) is 0. The van der Waals surface area contributed by atoms with Crippen molar-refractivity contribution in [3.8, 4) is 0 Å². The van der Waals surface area contributed by atoms with Crippen molar-refractivity contribution in [2.45, 2.75) is 46.0 Å². The molecule has 0 aromatic carbocycles. The fourth-order valence-corrected chi connectivity index (χ4v) is 3.14. The minimum atomic E-state index is 0.251. The summed E-state index contributed by atoms with van der Waals surface area (Å²) in [6.07, 6.45) is 6.61. The molecule has 17 heavy (non-hydrogen) atoms. The van der Waals surface area contributed by atoms with Gasteiger partial charge in [0, 0.05) is 25.4 Å². The van der Waals surface area contributed by atoms with E-state index in [-0.39, 0.29) is 5.91 Å². The Hall–Kier alpha value is -0.570. The van der Waals surface area contributed by atoms with Crippen LogP contribution < -0.4 is 0 Å². The second-order valence-corrected chi connectivity index (χ2v) is 5.92. The van der Waals surface area contributed by atoms with E-state index in [0.717, 1.165) is 13.1 Å². The molecule has 98 valence electrons. The highest BCUT2D eigenvalue weighted by atomic mass is 16.2. The maximum Gasteiger partial charge on any atom is 0.219 e. The van der Waals surface area contributed by atoms with Crippen LogP contribution in [-0.2, 0) is 4.79 Å². The van der Waals surface area contributed by atoms with Gasteiger partial charge in [0.15, 0.2) is 0 Å². The van der Waals surface area contributed by atoms with E-state index in [2.05, 4.69) is 11.8 Å². The normalized spacial score (nSPS) is 23.8. The van der Waals surface area contributed by atoms with Crippen LogP contribution in [0.2, 0.25) is 0 Å². The van der Waals surface area contributed by atoms with E-state index < -0.39 is 0 Å². The van der Waals surface area contributed by atoms with E-state index in [1.807, 2.05) is 4.90 Å². The van der Waals surface area contributed by atoms with Gasteiger partial charge in [-0.1, -0.05) is 19.8 Å². The van der Waals surface area contributed by atoms with E-state index in [4.69, 9.17) is 0 Å². The van der Waals surface area contributed by atoms with Gasteiger partial charge in [0.1, 0.15) is 0 Å². The topological polar surface area (TPSA) is 23.6 Å². The number of piperidine rings is 1. The first-order chi connectivity index (χ1) is 8.15. The third kappa shape index (κ3) is 3.01. The fourth-order valence-electron chi connectivity index (χ4n) is 3.14. The molecule has 0 aromatic heterocycles. The number of nitrogens with zero attached hydrogens (tertiary/aromatic N) is 2. The molecule has 2 aliphatic rings. The molecular weight excluding hydrogens is 212 g/mol. The predicted molar refractivity (Wildman–Crippen MR) is 69.9 cm³/mol. The number of amides is 1. The SMILES string of the molecule is CCCCCN1CCC2(CC1)CN(C(C)=O)C2. The van der Waals surface area contributed by atoms with Crippen molar-refractivity contribution in [1.29, 1.82) is 0 Å². The Balaban J connectivity index is 1.67. The van der Waals surface area contributed by atoms with Crippen LogP contribution in [-0.4, -0.2) is 48.4 Å². The van der Waals surface area contributed by atoms with Gasteiger partial charge in [0.2, 0.25) is 5.91 Å². The summed E-state index contributed by atoms with van der Waals surface area (Å²) in [5.41, 5.74) is 0.493. The molecule has 2 rings (SSSR count). The summed E-state index contributed by atoms with van der Waals surface area (Å²) in [6, 6.07) is 0. The predicted octanol–water partition coefficient (Wildman–Crippen LogP) is 2.12. The lowest BCUT2D eigenvalue weighted by atomic mass is 9.72. The third-order valence-electron chi connectivity index (χ3n) is 4.49. The van der Waals surface area contributed by atoms with Crippen LogP contribution >= 0.6 is 0 Å². The highest BCUT2D eigenvalue weighted by Crippen LogP contribution is 2.40. The molecule has 0 bridgehead atoms. The van der Waals surface area contributed by atoms with Gasteiger partial charge in [-0.15, -0.1) is 0 Å². The van der Waals surface area contributed by atoms with Crippen LogP contribution in [0.1, 0.15) is 46.0 Å². The molecule has 2 heterocycles. The van der Waals surface area contributed by atoms with E-state index in [9.17, 15) is 4.79 Å². The first kappa shape index (κ1) is 12.9. The monoisotopic (exact) mass is 238 g/mol. The van der Waals surface area contributed by atoms with Crippen LogP contribution in [0.25, 0.3) is 0 Å². The van der Waals surface area contributed by atoms with Crippen LogP contribution in [0.5, 0.6) is 0 Å². The third-order valence-corrected chi connectivity index (χ3v) is 4.49. The number of likely N-dealkylation sites (tertiary alicyclic amines) is 2. The molecule has 0 saturated carbocycles. The molecule has 0 aliphatic carbocycles. The van der Waals surface area contributed by atoms with Gasteiger partial charge < -0.3 is 9.80 Å². The zero-order valence-electron chi connectivity index (χ0n) is 11.4. The Morgan fingerprint density at radius 3 is 2.35 bits per heavy atom. The number of carbonyl (C=O) groups excluding carboxylic acids is 1. The van der Waals surface area contributed by atoms with Gasteiger partial charge in [0.25, 0.3) is 0 Å². The standard InChI is InChI=1S/C14H26N2O/c1-3-4-5-8-15-9-6-14(7-10-15)11-16(12-14)13(2)17/h3-12H2,1-2H3. The smallest absolute Gasteiger partial charge is 0.219 e.